The topological polar surface area (TPSA) is 73.6 Å². The number of ether oxygens (including phenoxy) is 2. The number of hydrogen-bond acceptors (Lipinski definition) is 5. The third-order valence-corrected chi connectivity index (χ3v) is 4.84. The van der Waals surface area contributed by atoms with Crippen molar-refractivity contribution in [3.8, 4) is 0 Å². The number of para-hydroxylation sites is 1. The Balaban J connectivity index is 1.29. The molecule has 1 aromatic heterocycles. The first-order chi connectivity index (χ1) is 11.7. The summed E-state index contributed by atoms with van der Waals surface area (Å²) in [6.45, 7) is 1.02. The maximum atomic E-state index is 12.2. The molecule has 4 rings (SSSR count). The van der Waals surface area contributed by atoms with Gasteiger partial charge in [-0.15, -0.1) is 0 Å². The molecule has 6 nitrogen and oxygen atoms in total. The number of rotatable bonds is 4. The predicted molar refractivity (Wildman–Crippen MR) is 87.4 cm³/mol. The third-order valence-electron chi connectivity index (χ3n) is 4.84. The molecule has 2 heterocycles. The summed E-state index contributed by atoms with van der Waals surface area (Å²) < 4.78 is 17.2. The van der Waals surface area contributed by atoms with E-state index in [1.807, 2.05) is 24.3 Å². The Morgan fingerprint density at radius 3 is 2.96 bits per heavy atom. The number of fused-ring (bicyclic) bond motifs is 1. The van der Waals surface area contributed by atoms with Crippen molar-refractivity contribution in [3.05, 3.63) is 30.0 Å². The fourth-order valence-electron chi connectivity index (χ4n) is 3.58. The molecule has 0 unspecified atom stereocenters. The maximum Gasteiger partial charge on any atom is 0.226 e. The Morgan fingerprint density at radius 1 is 1.25 bits per heavy atom. The fraction of sp³-hybridized carbons (Fsp3) is 0.556. The molecule has 1 spiro atoms. The van der Waals surface area contributed by atoms with Gasteiger partial charge in [0.15, 0.2) is 11.4 Å². The van der Waals surface area contributed by atoms with Crippen LogP contribution in [-0.4, -0.2) is 36.1 Å². The van der Waals surface area contributed by atoms with Gasteiger partial charge in [0.05, 0.1) is 13.0 Å². The second-order valence-electron chi connectivity index (χ2n) is 6.63. The van der Waals surface area contributed by atoms with E-state index in [1.165, 1.54) is 6.42 Å². The minimum Gasteiger partial charge on any atom is -0.356 e. The van der Waals surface area contributed by atoms with Crippen molar-refractivity contribution in [2.75, 3.05) is 13.2 Å². The van der Waals surface area contributed by atoms with Crippen LogP contribution in [0.5, 0.6) is 0 Å². The number of nitrogens with zero attached hydrogens (tertiary/aromatic N) is 1. The fourth-order valence-corrected chi connectivity index (χ4v) is 3.58. The molecule has 2 fully saturated rings. The molecule has 2 aromatic rings. The normalized spacial score (nSPS) is 22.9. The summed E-state index contributed by atoms with van der Waals surface area (Å²) in [5.41, 5.74) is 1.36. The Kier molecular flexibility index (Phi) is 4.24. The van der Waals surface area contributed by atoms with E-state index in [4.69, 9.17) is 14.0 Å². The van der Waals surface area contributed by atoms with Crippen LogP contribution in [0.25, 0.3) is 11.0 Å². The van der Waals surface area contributed by atoms with Crippen molar-refractivity contribution in [2.24, 2.45) is 0 Å². The van der Waals surface area contributed by atoms with Crippen molar-refractivity contribution >= 4 is 16.9 Å². The monoisotopic (exact) mass is 330 g/mol. The average molecular weight is 330 g/mol. The highest BCUT2D eigenvalue weighted by atomic mass is 16.7. The predicted octanol–water partition coefficient (Wildman–Crippen LogP) is 2.56. The van der Waals surface area contributed by atoms with E-state index in [1.54, 1.807) is 0 Å². The smallest absolute Gasteiger partial charge is 0.226 e. The highest BCUT2D eigenvalue weighted by Gasteiger charge is 2.42. The van der Waals surface area contributed by atoms with Gasteiger partial charge in [0.25, 0.3) is 0 Å². The minimum absolute atomic E-state index is 0.0684. The van der Waals surface area contributed by atoms with Crippen LogP contribution in [0.2, 0.25) is 0 Å². The highest BCUT2D eigenvalue weighted by molar-refractivity contribution is 5.86. The van der Waals surface area contributed by atoms with Gasteiger partial charge in [0.1, 0.15) is 11.8 Å². The maximum absolute atomic E-state index is 12.2. The van der Waals surface area contributed by atoms with E-state index in [0.717, 1.165) is 31.1 Å². The zero-order valence-corrected chi connectivity index (χ0v) is 13.6. The summed E-state index contributed by atoms with van der Waals surface area (Å²) in [6, 6.07) is 7.55. The zero-order chi connectivity index (χ0) is 16.4. The van der Waals surface area contributed by atoms with Crippen LogP contribution in [-0.2, 0) is 20.7 Å². The standard InChI is InChI=1S/C18H22N2O4/c21-17(10-15-14-6-2-3-7-16(14)24-20-15)19-11-13-12-22-18(23-13)8-4-1-5-9-18/h2-3,6-7,13H,1,4-5,8-12H2,(H,19,21)/t13-/m0/s1. The van der Waals surface area contributed by atoms with Crippen molar-refractivity contribution < 1.29 is 18.8 Å². The number of benzene rings is 1. The summed E-state index contributed by atoms with van der Waals surface area (Å²) in [7, 11) is 0. The lowest BCUT2D eigenvalue weighted by Gasteiger charge is -2.31. The van der Waals surface area contributed by atoms with Crippen molar-refractivity contribution in [1.82, 2.24) is 10.5 Å². The van der Waals surface area contributed by atoms with Gasteiger partial charge in [-0.3, -0.25) is 4.79 Å². The first-order valence-corrected chi connectivity index (χ1v) is 8.66. The van der Waals surface area contributed by atoms with E-state index in [2.05, 4.69) is 10.5 Å². The Bertz CT molecular complexity index is 721. The molecular formula is C18H22N2O4. The highest BCUT2D eigenvalue weighted by Crippen LogP contribution is 2.37. The van der Waals surface area contributed by atoms with Gasteiger partial charge in [-0.05, 0) is 25.0 Å². The molecule has 128 valence electrons. The first kappa shape index (κ1) is 15.6. The van der Waals surface area contributed by atoms with Gasteiger partial charge in [0.2, 0.25) is 5.91 Å². The Hall–Kier alpha value is -1.92. The lowest BCUT2D eigenvalue weighted by atomic mass is 9.94. The summed E-state index contributed by atoms with van der Waals surface area (Å²) in [4.78, 5) is 12.2. The third kappa shape index (κ3) is 3.16. The lowest BCUT2D eigenvalue weighted by Crippen LogP contribution is -2.37. The van der Waals surface area contributed by atoms with E-state index in [0.29, 0.717) is 24.4 Å². The number of carbonyl (C=O) groups is 1. The van der Waals surface area contributed by atoms with Crippen LogP contribution >= 0.6 is 0 Å². The van der Waals surface area contributed by atoms with E-state index in [-0.39, 0.29) is 18.4 Å². The molecule has 2 aliphatic rings. The molecule has 1 aliphatic heterocycles. The zero-order valence-electron chi connectivity index (χ0n) is 13.6. The molecule has 1 aromatic carbocycles. The number of hydrogen-bond donors (Lipinski definition) is 1. The largest absolute Gasteiger partial charge is 0.356 e. The van der Waals surface area contributed by atoms with Crippen molar-refractivity contribution in [3.63, 3.8) is 0 Å². The van der Waals surface area contributed by atoms with E-state index in [9.17, 15) is 4.79 Å². The van der Waals surface area contributed by atoms with Gasteiger partial charge >= 0.3 is 0 Å². The number of aromatic nitrogens is 1. The molecule has 6 heteroatoms. The molecule has 1 amide bonds. The van der Waals surface area contributed by atoms with Crippen LogP contribution < -0.4 is 5.32 Å². The van der Waals surface area contributed by atoms with Crippen LogP contribution in [0, 0.1) is 0 Å². The minimum atomic E-state index is -0.393. The molecule has 1 saturated carbocycles. The van der Waals surface area contributed by atoms with Crippen LogP contribution in [0.3, 0.4) is 0 Å². The van der Waals surface area contributed by atoms with E-state index >= 15 is 0 Å². The molecule has 0 radical (unpaired) electrons. The summed E-state index contributed by atoms with van der Waals surface area (Å²) in [5.74, 6) is -0.474. The molecule has 1 aliphatic carbocycles. The second-order valence-corrected chi connectivity index (χ2v) is 6.63. The van der Waals surface area contributed by atoms with Gasteiger partial charge in [0, 0.05) is 24.8 Å². The average Bonchev–Trinajstić information content (AvgIpc) is 3.19. The van der Waals surface area contributed by atoms with Crippen LogP contribution in [0.1, 0.15) is 37.8 Å². The number of nitrogens with one attached hydrogen (secondary N) is 1. The van der Waals surface area contributed by atoms with Gasteiger partial charge in [-0.2, -0.15) is 0 Å². The summed E-state index contributed by atoms with van der Waals surface area (Å²) in [5, 5.41) is 7.80. The summed E-state index contributed by atoms with van der Waals surface area (Å²) in [6.07, 6.45) is 5.61. The molecule has 1 saturated heterocycles. The van der Waals surface area contributed by atoms with Gasteiger partial charge < -0.3 is 19.3 Å². The van der Waals surface area contributed by atoms with Crippen LogP contribution in [0.15, 0.2) is 28.8 Å². The van der Waals surface area contributed by atoms with Gasteiger partial charge in [-0.25, -0.2) is 0 Å². The molecule has 24 heavy (non-hydrogen) atoms. The van der Waals surface area contributed by atoms with Crippen molar-refractivity contribution in [1.29, 1.82) is 0 Å². The number of amides is 1. The van der Waals surface area contributed by atoms with E-state index < -0.39 is 5.79 Å². The molecule has 0 bridgehead atoms. The Labute approximate surface area is 140 Å². The Morgan fingerprint density at radius 2 is 2.08 bits per heavy atom. The van der Waals surface area contributed by atoms with Gasteiger partial charge in [-0.1, -0.05) is 23.7 Å². The molecular weight excluding hydrogens is 308 g/mol. The second kappa shape index (κ2) is 6.53. The van der Waals surface area contributed by atoms with Crippen molar-refractivity contribution in [2.45, 2.75) is 50.4 Å². The van der Waals surface area contributed by atoms with Crippen LogP contribution in [0.4, 0.5) is 0 Å². The summed E-state index contributed by atoms with van der Waals surface area (Å²) >= 11 is 0. The SMILES string of the molecule is O=C(Cc1noc2ccccc12)NC[C@H]1COC2(CCCCC2)O1. The first-order valence-electron chi connectivity index (χ1n) is 8.66. The lowest BCUT2D eigenvalue weighted by molar-refractivity contribution is -0.186. The molecule has 1 N–H and O–H groups in total. The quantitative estimate of drug-likeness (QED) is 0.932. The number of carbonyl (C=O) groups excluding carboxylic acids is 1. The molecule has 1 atom stereocenters.